The van der Waals surface area contributed by atoms with Gasteiger partial charge in [0.05, 0.1) is 5.56 Å². The highest BCUT2D eigenvalue weighted by Crippen LogP contribution is 2.14. The van der Waals surface area contributed by atoms with Crippen molar-refractivity contribution in [2.45, 2.75) is 6.42 Å². The molecule has 0 aliphatic heterocycles. The Bertz CT molecular complexity index is 535. The maximum atomic E-state index is 13.4. The van der Waals surface area contributed by atoms with E-state index < -0.39 is 17.4 Å². The summed E-state index contributed by atoms with van der Waals surface area (Å²) in [5.41, 5.74) is 0.579. The summed E-state index contributed by atoms with van der Waals surface area (Å²) < 4.78 is 26.3. The maximum absolute atomic E-state index is 13.4. The molecule has 0 radical (unpaired) electrons. The van der Waals surface area contributed by atoms with Crippen LogP contribution in [0, 0.1) is 11.6 Å². The molecule has 0 bridgehead atoms. The monoisotopic (exact) mass is 232 g/mol. The molecule has 2 aromatic carbocycles. The molecule has 0 unspecified atom stereocenters. The molecule has 0 heterocycles. The molecular formula is C14H10F2O. The van der Waals surface area contributed by atoms with Crippen molar-refractivity contribution >= 4 is 5.78 Å². The lowest BCUT2D eigenvalue weighted by atomic mass is 10.0. The van der Waals surface area contributed by atoms with Crippen LogP contribution in [0.1, 0.15) is 15.9 Å². The highest BCUT2D eigenvalue weighted by Gasteiger charge is 2.14. The lowest BCUT2D eigenvalue weighted by Crippen LogP contribution is -2.07. The van der Waals surface area contributed by atoms with Crippen molar-refractivity contribution in [2.75, 3.05) is 0 Å². The molecule has 0 atom stereocenters. The molecule has 0 amide bonds. The number of halogens is 2. The van der Waals surface area contributed by atoms with Crippen LogP contribution in [0.3, 0.4) is 0 Å². The Hall–Kier alpha value is -2.03. The van der Waals surface area contributed by atoms with Gasteiger partial charge in [-0.05, 0) is 17.7 Å². The number of hydrogen-bond acceptors (Lipinski definition) is 1. The predicted molar refractivity (Wildman–Crippen MR) is 60.8 cm³/mol. The van der Waals surface area contributed by atoms with Crippen molar-refractivity contribution in [1.82, 2.24) is 0 Å². The molecule has 1 nitrogen and oxygen atoms in total. The Kier molecular flexibility index (Phi) is 3.28. The second-order valence-electron chi connectivity index (χ2n) is 3.69. The molecule has 17 heavy (non-hydrogen) atoms. The molecule has 0 saturated heterocycles. The summed E-state index contributed by atoms with van der Waals surface area (Å²) in [6, 6.07) is 12.6. The number of benzene rings is 2. The fourth-order valence-electron chi connectivity index (χ4n) is 1.60. The lowest BCUT2D eigenvalue weighted by Gasteiger charge is -2.03. The van der Waals surface area contributed by atoms with Crippen LogP contribution in [0.25, 0.3) is 0 Å². The minimum absolute atomic E-state index is 0.0706. The quantitative estimate of drug-likeness (QED) is 0.741. The van der Waals surface area contributed by atoms with E-state index in [0.717, 1.165) is 11.6 Å². The first-order valence-electron chi connectivity index (χ1n) is 5.19. The van der Waals surface area contributed by atoms with Crippen LogP contribution in [0.5, 0.6) is 0 Å². The topological polar surface area (TPSA) is 17.1 Å². The second kappa shape index (κ2) is 4.87. The van der Waals surface area contributed by atoms with Crippen LogP contribution in [0.4, 0.5) is 8.78 Å². The third-order valence-electron chi connectivity index (χ3n) is 2.46. The van der Waals surface area contributed by atoms with E-state index in [-0.39, 0.29) is 12.0 Å². The highest BCUT2D eigenvalue weighted by molar-refractivity contribution is 5.97. The Morgan fingerprint density at radius 2 is 1.65 bits per heavy atom. The number of rotatable bonds is 3. The third kappa shape index (κ3) is 2.56. The summed E-state index contributed by atoms with van der Waals surface area (Å²) >= 11 is 0. The van der Waals surface area contributed by atoms with Gasteiger partial charge in [-0.15, -0.1) is 0 Å². The van der Waals surface area contributed by atoms with Gasteiger partial charge in [-0.3, -0.25) is 4.79 Å². The highest BCUT2D eigenvalue weighted by atomic mass is 19.2. The number of ketones is 1. The van der Waals surface area contributed by atoms with Crippen molar-refractivity contribution in [3.8, 4) is 0 Å². The van der Waals surface area contributed by atoms with Crippen LogP contribution >= 0.6 is 0 Å². The summed E-state index contributed by atoms with van der Waals surface area (Å²) in [6.07, 6.45) is 0.0706. The van der Waals surface area contributed by atoms with Gasteiger partial charge in [0.1, 0.15) is 0 Å². The second-order valence-corrected chi connectivity index (χ2v) is 3.69. The minimum atomic E-state index is -1.08. The van der Waals surface area contributed by atoms with E-state index in [4.69, 9.17) is 0 Å². The summed E-state index contributed by atoms with van der Waals surface area (Å²) in [5, 5.41) is 0. The molecular weight excluding hydrogens is 222 g/mol. The molecule has 2 aromatic rings. The van der Waals surface area contributed by atoms with Crippen LogP contribution in [-0.4, -0.2) is 5.78 Å². The predicted octanol–water partition coefficient (Wildman–Crippen LogP) is 3.39. The van der Waals surface area contributed by atoms with Crippen LogP contribution in [-0.2, 0) is 6.42 Å². The van der Waals surface area contributed by atoms with Crippen molar-refractivity contribution in [2.24, 2.45) is 0 Å². The number of carbonyl (C=O) groups excluding carboxylic acids is 1. The van der Waals surface area contributed by atoms with Gasteiger partial charge in [-0.1, -0.05) is 36.4 Å². The zero-order valence-electron chi connectivity index (χ0n) is 8.99. The summed E-state index contributed by atoms with van der Waals surface area (Å²) in [5.74, 6) is -2.49. The average Bonchev–Trinajstić information content (AvgIpc) is 2.34. The largest absolute Gasteiger partial charge is 0.294 e. The molecule has 0 spiro atoms. The van der Waals surface area contributed by atoms with E-state index in [0.29, 0.717) is 0 Å². The van der Waals surface area contributed by atoms with E-state index >= 15 is 0 Å². The zero-order valence-corrected chi connectivity index (χ0v) is 8.99. The van der Waals surface area contributed by atoms with Crippen molar-refractivity contribution in [3.05, 3.63) is 71.3 Å². The standard InChI is InChI=1S/C14H10F2O/c15-12-8-4-7-11(14(12)16)13(17)9-10-5-2-1-3-6-10/h1-8H,9H2. The van der Waals surface area contributed by atoms with E-state index in [9.17, 15) is 13.6 Å². The Balaban J connectivity index is 2.24. The fraction of sp³-hybridized carbons (Fsp3) is 0.0714. The molecule has 0 aliphatic rings. The molecule has 0 saturated carbocycles. The van der Waals surface area contributed by atoms with Gasteiger partial charge < -0.3 is 0 Å². The van der Waals surface area contributed by atoms with Gasteiger partial charge in [-0.25, -0.2) is 8.78 Å². The first kappa shape index (κ1) is 11.5. The molecule has 2 rings (SSSR count). The van der Waals surface area contributed by atoms with Crippen molar-refractivity contribution in [1.29, 1.82) is 0 Å². The van der Waals surface area contributed by atoms with Crippen LogP contribution in [0.2, 0.25) is 0 Å². The van der Waals surface area contributed by atoms with Gasteiger partial charge in [0.2, 0.25) is 0 Å². The van der Waals surface area contributed by atoms with Gasteiger partial charge in [-0.2, -0.15) is 0 Å². The van der Waals surface area contributed by atoms with Gasteiger partial charge in [0.15, 0.2) is 17.4 Å². The summed E-state index contributed by atoms with van der Waals surface area (Å²) in [4.78, 5) is 11.8. The number of carbonyl (C=O) groups is 1. The number of hydrogen-bond donors (Lipinski definition) is 0. The van der Waals surface area contributed by atoms with Gasteiger partial charge in [0.25, 0.3) is 0 Å². The van der Waals surface area contributed by atoms with E-state index in [1.54, 1.807) is 24.3 Å². The molecule has 0 aromatic heterocycles. The Labute approximate surface area is 97.7 Å². The third-order valence-corrected chi connectivity index (χ3v) is 2.46. The molecule has 3 heteroatoms. The zero-order chi connectivity index (χ0) is 12.3. The van der Waals surface area contributed by atoms with E-state index in [1.165, 1.54) is 12.1 Å². The first-order chi connectivity index (χ1) is 8.18. The number of Topliss-reactive ketones (excluding diaryl/α,β-unsaturated/α-hetero) is 1. The molecule has 86 valence electrons. The fourth-order valence-corrected chi connectivity index (χ4v) is 1.60. The van der Waals surface area contributed by atoms with E-state index in [1.807, 2.05) is 6.07 Å². The average molecular weight is 232 g/mol. The molecule has 0 aliphatic carbocycles. The van der Waals surface area contributed by atoms with Crippen molar-refractivity contribution in [3.63, 3.8) is 0 Å². The Morgan fingerprint density at radius 3 is 2.35 bits per heavy atom. The van der Waals surface area contributed by atoms with E-state index in [2.05, 4.69) is 0 Å². The normalized spacial score (nSPS) is 10.2. The summed E-state index contributed by atoms with van der Waals surface area (Å²) in [6.45, 7) is 0. The van der Waals surface area contributed by atoms with Gasteiger partial charge >= 0.3 is 0 Å². The van der Waals surface area contributed by atoms with Crippen LogP contribution < -0.4 is 0 Å². The lowest BCUT2D eigenvalue weighted by molar-refractivity contribution is 0.0988. The maximum Gasteiger partial charge on any atom is 0.170 e. The van der Waals surface area contributed by atoms with Crippen LogP contribution in [0.15, 0.2) is 48.5 Å². The van der Waals surface area contributed by atoms with Gasteiger partial charge in [0, 0.05) is 6.42 Å². The molecule has 0 N–H and O–H groups in total. The minimum Gasteiger partial charge on any atom is -0.294 e. The van der Waals surface area contributed by atoms with Crippen molar-refractivity contribution < 1.29 is 13.6 Å². The smallest absolute Gasteiger partial charge is 0.170 e. The summed E-state index contributed by atoms with van der Waals surface area (Å²) in [7, 11) is 0. The molecule has 0 fully saturated rings. The first-order valence-corrected chi connectivity index (χ1v) is 5.19. The Morgan fingerprint density at radius 1 is 0.941 bits per heavy atom. The SMILES string of the molecule is O=C(Cc1ccccc1)c1cccc(F)c1F.